The van der Waals surface area contributed by atoms with Crippen LogP contribution in [0.1, 0.15) is 11.1 Å². The van der Waals surface area contributed by atoms with Crippen LogP contribution in [-0.4, -0.2) is 0 Å². The standard InChI is InChI=1S/C25H18.Ti/c1-3-7-18(8-4-1)20-11-13-24-22(15-20)17-23-16-21(12-14-25(23)24)19-9-5-2-6-10-19;/h1-16H,17H2;. The summed E-state index contributed by atoms with van der Waals surface area (Å²) in [5, 5.41) is 0. The summed E-state index contributed by atoms with van der Waals surface area (Å²) >= 11 is 0. The van der Waals surface area contributed by atoms with Crippen LogP contribution in [0.25, 0.3) is 33.4 Å². The van der Waals surface area contributed by atoms with Crippen LogP contribution in [0.15, 0.2) is 97.1 Å². The molecule has 0 saturated carbocycles. The molecule has 0 unspecified atom stereocenters. The smallest absolute Gasteiger partial charge is 0 e. The van der Waals surface area contributed by atoms with E-state index in [9.17, 15) is 0 Å². The molecule has 0 bridgehead atoms. The molecule has 0 aromatic heterocycles. The summed E-state index contributed by atoms with van der Waals surface area (Å²) in [6, 6.07) is 35.0. The van der Waals surface area contributed by atoms with Gasteiger partial charge in [0.1, 0.15) is 0 Å². The van der Waals surface area contributed by atoms with Crippen LogP contribution in [0, 0.1) is 0 Å². The Morgan fingerprint density at radius 1 is 0.423 bits per heavy atom. The van der Waals surface area contributed by atoms with Gasteiger partial charge in [0.25, 0.3) is 0 Å². The van der Waals surface area contributed by atoms with E-state index >= 15 is 0 Å². The Hall–Kier alpha value is -2.41. The zero-order chi connectivity index (χ0) is 16.6. The molecule has 0 spiro atoms. The predicted molar refractivity (Wildman–Crippen MR) is 106 cm³/mol. The van der Waals surface area contributed by atoms with Crippen LogP contribution in [0.5, 0.6) is 0 Å². The maximum absolute atomic E-state index is 2.35. The van der Waals surface area contributed by atoms with E-state index in [0.717, 1.165) is 6.42 Å². The molecule has 0 fully saturated rings. The predicted octanol–water partition coefficient (Wildman–Crippen LogP) is 6.59. The molecule has 5 rings (SSSR count). The Balaban J connectivity index is 0.00000168. The fourth-order valence-electron chi connectivity index (χ4n) is 3.83. The number of hydrogen-bond donors (Lipinski definition) is 0. The van der Waals surface area contributed by atoms with Gasteiger partial charge in [0.05, 0.1) is 0 Å². The van der Waals surface area contributed by atoms with Crippen molar-refractivity contribution in [1.29, 1.82) is 0 Å². The van der Waals surface area contributed by atoms with E-state index in [0.29, 0.717) is 0 Å². The van der Waals surface area contributed by atoms with Gasteiger partial charge in [0.2, 0.25) is 0 Å². The molecule has 26 heavy (non-hydrogen) atoms. The van der Waals surface area contributed by atoms with E-state index in [1.54, 1.807) is 0 Å². The molecule has 0 nitrogen and oxygen atoms in total. The van der Waals surface area contributed by atoms with E-state index in [4.69, 9.17) is 0 Å². The van der Waals surface area contributed by atoms with Crippen molar-refractivity contribution in [2.75, 3.05) is 0 Å². The average Bonchev–Trinajstić information content (AvgIpc) is 3.06. The molecular weight excluding hydrogens is 348 g/mol. The second-order valence-corrected chi connectivity index (χ2v) is 6.65. The average molecular weight is 366 g/mol. The molecule has 0 N–H and O–H groups in total. The maximum atomic E-state index is 2.35. The Morgan fingerprint density at radius 3 is 1.27 bits per heavy atom. The van der Waals surface area contributed by atoms with Crippen LogP contribution < -0.4 is 0 Å². The van der Waals surface area contributed by atoms with E-state index in [2.05, 4.69) is 97.1 Å². The molecule has 1 aliphatic rings. The fraction of sp³-hybridized carbons (Fsp3) is 0.0400. The molecule has 4 aromatic carbocycles. The van der Waals surface area contributed by atoms with Gasteiger partial charge in [-0.1, -0.05) is 97.1 Å². The topological polar surface area (TPSA) is 0 Å². The van der Waals surface area contributed by atoms with Gasteiger partial charge >= 0.3 is 0 Å². The first-order chi connectivity index (χ1) is 12.4. The first-order valence-corrected chi connectivity index (χ1v) is 8.75. The maximum Gasteiger partial charge on any atom is 0 e. The van der Waals surface area contributed by atoms with Crippen LogP contribution in [0.2, 0.25) is 0 Å². The van der Waals surface area contributed by atoms with Gasteiger partial charge in [-0.3, -0.25) is 0 Å². The number of benzene rings is 4. The summed E-state index contributed by atoms with van der Waals surface area (Å²) in [4.78, 5) is 0. The molecule has 0 heterocycles. The van der Waals surface area contributed by atoms with Gasteiger partial charge in [0, 0.05) is 21.7 Å². The van der Waals surface area contributed by atoms with Crippen molar-refractivity contribution in [3.05, 3.63) is 108 Å². The first kappa shape index (κ1) is 17.0. The molecule has 0 radical (unpaired) electrons. The van der Waals surface area contributed by atoms with Crippen molar-refractivity contribution in [3.8, 4) is 33.4 Å². The third-order valence-electron chi connectivity index (χ3n) is 5.10. The normalized spacial score (nSPS) is 11.4. The van der Waals surface area contributed by atoms with Crippen LogP contribution in [-0.2, 0) is 28.1 Å². The number of hydrogen-bond acceptors (Lipinski definition) is 0. The van der Waals surface area contributed by atoms with Crippen LogP contribution in [0.4, 0.5) is 0 Å². The molecule has 1 heteroatoms. The Kier molecular flexibility index (Phi) is 4.63. The SMILES string of the molecule is [Ti].c1ccc(-c2ccc3c(c2)Cc2cc(-c4ccccc4)ccc2-3)cc1. The molecule has 122 valence electrons. The Morgan fingerprint density at radius 2 is 0.846 bits per heavy atom. The van der Waals surface area contributed by atoms with Crippen LogP contribution in [0.3, 0.4) is 0 Å². The molecular formula is C25H18Ti. The van der Waals surface area contributed by atoms with Crippen molar-refractivity contribution >= 4 is 0 Å². The zero-order valence-corrected chi connectivity index (χ0v) is 16.0. The summed E-state index contributed by atoms with van der Waals surface area (Å²) in [6.45, 7) is 0. The minimum Gasteiger partial charge on any atom is -0.0622 e. The molecule has 0 aliphatic heterocycles. The van der Waals surface area contributed by atoms with Gasteiger partial charge < -0.3 is 0 Å². The molecule has 0 atom stereocenters. The van der Waals surface area contributed by atoms with E-state index in [-0.39, 0.29) is 21.7 Å². The van der Waals surface area contributed by atoms with Gasteiger partial charge in [-0.2, -0.15) is 0 Å². The second-order valence-electron chi connectivity index (χ2n) is 6.65. The minimum absolute atomic E-state index is 0. The van der Waals surface area contributed by atoms with Gasteiger partial charge in [0.15, 0.2) is 0 Å². The summed E-state index contributed by atoms with van der Waals surface area (Å²) in [6.07, 6.45) is 1.02. The summed E-state index contributed by atoms with van der Waals surface area (Å²) < 4.78 is 0. The van der Waals surface area contributed by atoms with E-state index in [1.165, 1.54) is 44.5 Å². The molecule has 1 aliphatic carbocycles. The zero-order valence-electron chi connectivity index (χ0n) is 14.4. The number of rotatable bonds is 2. The van der Waals surface area contributed by atoms with Crippen molar-refractivity contribution in [2.24, 2.45) is 0 Å². The minimum atomic E-state index is 0. The molecule has 0 saturated heterocycles. The monoisotopic (exact) mass is 366 g/mol. The van der Waals surface area contributed by atoms with Crippen molar-refractivity contribution in [3.63, 3.8) is 0 Å². The van der Waals surface area contributed by atoms with E-state index < -0.39 is 0 Å². The van der Waals surface area contributed by atoms with Gasteiger partial charge in [-0.25, -0.2) is 0 Å². The second kappa shape index (κ2) is 7.07. The first-order valence-electron chi connectivity index (χ1n) is 8.75. The van der Waals surface area contributed by atoms with Crippen molar-refractivity contribution < 1.29 is 21.7 Å². The van der Waals surface area contributed by atoms with Crippen LogP contribution >= 0.6 is 0 Å². The number of fused-ring (bicyclic) bond motifs is 3. The van der Waals surface area contributed by atoms with Gasteiger partial charge in [-0.15, -0.1) is 0 Å². The largest absolute Gasteiger partial charge is 0.0622 e. The van der Waals surface area contributed by atoms with Gasteiger partial charge in [-0.05, 0) is 50.9 Å². The summed E-state index contributed by atoms with van der Waals surface area (Å²) in [5.74, 6) is 0. The third-order valence-corrected chi connectivity index (χ3v) is 5.10. The van der Waals surface area contributed by atoms with E-state index in [1.807, 2.05) is 0 Å². The summed E-state index contributed by atoms with van der Waals surface area (Å²) in [7, 11) is 0. The van der Waals surface area contributed by atoms with Crippen molar-refractivity contribution in [1.82, 2.24) is 0 Å². The summed E-state index contributed by atoms with van der Waals surface area (Å²) in [5.41, 5.74) is 10.8. The fourth-order valence-corrected chi connectivity index (χ4v) is 3.83. The Bertz CT molecular complexity index is 963. The third kappa shape index (κ3) is 2.96. The molecule has 4 aromatic rings. The Labute approximate surface area is 169 Å². The quantitative estimate of drug-likeness (QED) is 0.309. The van der Waals surface area contributed by atoms with Crippen molar-refractivity contribution in [2.45, 2.75) is 6.42 Å². The molecule has 0 amide bonds.